The molecule has 5 rings (SSSR count). The summed E-state index contributed by atoms with van der Waals surface area (Å²) in [5, 5.41) is 3.53. The minimum Gasteiger partial charge on any atom is -0.486 e. The van der Waals surface area contributed by atoms with Gasteiger partial charge in [-0.2, -0.15) is 0 Å². The third-order valence-corrected chi connectivity index (χ3v) is 6.24. The van der Waals surface area contributed by atoms with E-state index in [4.69, 9.17) is 19.2 Å². The van der Waals surface area contributed by atoms with Gasteiger partial charge in [0, 0.05) is 47.9 Å². The number of hydrogen-bond acceptors (Lipinski definition) is 7. The number of ether oxygens (including phenoxy) is 3. The van der Waals surface area contributed by atoms with Crippen molar-refractivity contribution >= 4 is 28.5 Å². The fourth-order valence-corrected chi connectivity index (χ4v) is 4.39. The number of carbonyl (C=O) groups is 2. The van der Waals surface area contributed by atoms with Crippen LogP contribution in [-0.2, 0) is 22.5 Å². The molecular formula is C26H27N3O5. The summed E-state index contributed by atoms with van der Waals surface area (Å²) in [6, 6.07) is 12.7. The number of aromatic nitrogens is 1. The molecule has 0 bridgehead atoms. The average Bonchev–Trinajstić information content (AvgIpc) is 2.86. The molecule has 1 unspecified atom stereocenters. The number of anilines is 1. The molecule has 1 amide bonds. The van der Waals surface area contributed by atoms with Gasteiger partial charge in [-0.3, -0.25) is 14.7 Å². The first-order valence-electron chi connectivity index (χ1n) is 11.6. The Balaban J connectivity index is 1.37. The van der Waals surface area contributed by atoms with Crippen molar-refractivity contribution in [2.24, 2.45) is 0 Å². The van der Waals surface area contributed by atoms with Crippen molar-refractivity contribution in [2.45, 2.75) is 32.9 Å². The van der Waals surface area contributed by atoms with Crippen LogP contribution in [0.4, 0.5) is 5.69 Å². The third-order valence-electron chi connectivity index (χ3n) is 6.24. The highest BCUT2D eigenvalue weighted by Crippen LogP contribution is 2.33. The van der Waals surface area contributed by atoms with Gasteiger partial charge in [0.05, 0.1) is 11.1 Å². The van der Waals surface area contributed by atoms with Crippen molar-refractivity contribution < 1.29 is 23.8 Å². The number of carbonyl (C=O) groups excluding carboxylic acids is 2. The summed E-state index contributed by atoms with van der Waals surface area (Å²) in [7, 11) is 0. The first kappa shape index (κ1) is 22.2. The molecule has 1 atom stereocenters. The van der Waals surface area contributed by atoms with Gasteiger partial charge >= 0.3 is 5.97 Å². The Hall–Kier alpha value is -3.65. The van der Waals surface area contributed by atoms with Gasteiger partial charge in [-0.25, -0.2) is 4.79 Å². The second-order valence-electron chi connectivity index (χ2n) is 8.44. The van der Waals surface area contributed by atoms with Crippen LogP contribution < -0.4 is 14.8 Å². The van der Waals surface area contributed by atoms with Crippen LogP contribution in [0, 0.1) is 0 Å². The number of likely N-dealkylation sites (N-methyl/N-ethyl adjacent to an activating group) is 1. The molecule has 34 heavy (non-hydrogen) atoms. The standard InChI is InChI=1S/C26H27N3O5/c1-3-29-11-10-21-19(15-29)24(18-6-4-5-7-20(18)28-21)26(31)34-16(2)25(30)27-17-8-9-22-23(14-17)33-13-12-32-22/h4-9,14,16H,3,10-13,15H2,1-2H3,(H,27,30). The largest absolute Gasteiger partial charge is 0.486 e. The lowest BCUT2D eigenvalue weighted by Crippen LogP contribution is -2.34. The smallest absolute Gasteiger partial charge is 0.339 e. The number of rotatable bonds is 5. The van der Waals surface area contributed by atoms with Crippen molar-refractivity contribution in [3.05, 3.63) is 59.3 Å². The molecule has 0 fully saturated rings. The molecule has 8 nitrogen and oxygen atoms in total. The quantitative estimate of drug-likeness (QED) is 0.581. The minimum atomic E-state index is -0.992. The molecule has 0 spiro atoms. The summed E-state index contributed by atoms with van der Waals surface area (Å²) in [5.74, 6) is 0.272. The Kier molecular flexibility index (Phi) is 6.06. The van der Waals surface area contributed by atoms with Crippen LogP contribution in [0.25, 0.3) is 10.9 Å². The van der Waals surface area contributed by atoms with Crippen molar-refractivity contribution in [1.82, 2.24) is 9.88 Å². The number of nitrogens with one attached hydrogen (secondary N) is 1. The number of para-hydroxylation sites is 1. The summed E-state index contributed by atoms with van der Waals surface area (Å²) in [6.07, 6.45) is -0.219. The molecule has 2 aliphatic heterocycles. The maximum atomic E-state index is 13.4. The Bertz CT molecular complexity index is 1260. The predicted molar refractivity (Wildman–Crippen MR) is 127 cm³/mol. The number of esters is 1. The summed E-state index contributed by atoms with van der Waals surface area (Å²) >= 11 is 0. The van der Waals surface area contributed by atoms with Crippen LogP contribution in [0.1, 0.15) is 35.5 Å². The zero-order chi connectivity index (χ0) is 23.7. The van der Waals surface area contributed by atoms with E-state index in [1.165, 1.54) is 0 Å². The van der Waals surface area contributed by atoms with E-state index >= 15 is 0 Å². The second-order valence-corrected chi connectivity index (χ2v) is 8.44. The van der Waals surface area contributed by atoms with Gasteiger partial charge in [-0.05, 0) is 31.7 Å². The molecule has 1 aromatic heterocycles. The minimum absolute atomic E-state index is 0.424. The van der Waals surface area contributed by atoms with Crippen LogP contribution >= 0.6 is 0 Å². The number of fused-ring (bicyclic) bond motifs is 3. The average molecular weight is 462 g/mol. The molecule has 2 aliphatic rings. The molecule has 0 radical (unpaired) electrons. The van der Waals surface area contributed by atoms with Crippen LogP contribution in [0.15, 0.2) is 42.5 Å². The third kappa shape index (κ3) is 4.28. The first-order valence-corrected chi connectivity index (χ1v) is 11.6. The van der Waals surface area contributed by atoms with Gasteiger partial charge in [0.1, 0.15) is 13.2 Å². The van der Waals surface area contributed by atoms with Crippen LogP contribution in [0.2, 0.25) is 0 Å². The molecule has 3 heterocycles. The monoisotopic (exact) mass is 461 g/mol. The summed E-state index contributed by atoms with van der Waals surface area (Å²) in [4.78, 5) is 33.3. The van der Waals surface area contributed by atoms with Gasteiger partial charge in [0.15, 0.2) is 17.6 Å². The highest BCUT2D eigenvalue weighted by atomic mass is 16.6. The topological polar surface area (TPSA) is 90.0 Å². The van der Waals surface area contributed by atoms with E-state index in [1.807, 2.05) is 24.3 Å². The molecule has 0 saturated heterocycles. The summed E-state index contributed by atoms with van der Waals surface area (Å²) < 4.78 is 16.8. The van der Waals surface area contributed by atoms with E-state index in [0.29, 0.717) is 42.5 Å². The van der Waals surface area contributed by atoms with E-state index in [0.717, 1.165) is 41.7 Å². The van der Waals surface area contributed by atoms with Crippen LogP contribution in [0.5, 0.6) is 11.5 Å². The molecule has 0 aliphatic carbocycles. The Morgan fingerprint density at radius 1 is 1.15 bits per heavy atom. The maximum absolute atomic E-state index is 13.4. The van der Waals surface area contributed by atoms with Gasteiger partial charge in [-0.1, -0.05) is 25.1 Å². The van der Waals surface area contributed by atoms with Gasteiger partial charge < -0.3 is 19.5 Å². The van der Waals surface area contributed by atoms with Gasteiger partial charge in [-0.15, -0.1) is 0 Å². The second kappa shape index (κ2) is 9.30. The molecule has 2 aromatic carbocycles. The molecular weight excluding hydrogens is 434 g/mol. The SMILES string of the molecule is CCN1CCc2nc3ccccc3c(C(=O)OC(C)C(=O)Nc3ccc4c(c3)OCCO4)c2C1. The lowest BCUT2D eigenvalue weighted by atomic mass is 9.95. The van der Waals surface area contributed by atoms with Crippen molar-refractivity contribution in [2.75, 3.05) is 31.6 Å². The number of nitrogens with zero attached hydrogens (tertiary/aromatic N) is 2. The van der Waals surface area contributed by atoms with E-state index in [1.54, 1.807) is 25.1 Å². The Morgan fingerprint density at radius 2 is 1.94 bits per heavy atom. The summed E-state index contributed by atoms with van der Waals surface area (Å²) in [6.45, 7) is 7.03. The Morgan fingerprint density at radius 3 is 2.76 bits per heavy atom. The number of benzene rings is 2. The number of hydrogen-bond donors (Lipinski definition) is 1. The Labute approximate surface area is 197 Å². The zero-order valence-corrected chi connectivity index (χ0v) is 19.3. The highest BCUT2D eigenvalue weighted by molar-refractivity contribution is 6.06. The molecule has 3 aromatic rings. The van der Waals surface area contributed by atoms with Crippen LogP contribution in [0.3, 0.4) is 0 Å². The van der Waals surface area contributed by atoms with Crippen molar-refractivity contribution in [3.8, 4) is 11.5 Å². The van der Waals surface area contributed by atoms with Gasteiger partial charge in [0.25, 0.3) is 5.91 Å². The van der Waals surface area contributed by atoms with Crippen molar-refractivity contribution in [1.29, 1.82) is 0 Å². The van der Waals surface area contributed by atoms with E-state index in [2.05, 4.69) is 17.1 Å². The van der Waals surface area contributed by atoms with E-state index < -0.39 is 18.0 Å². The first-order chi connectivity index (χ1) is 16.5. The van der Waals surface area contributed by atoms with Gasteiger partial charge in [0.2, 0.25) is 0 Å². The predicted octanol–water partition coefficient (Wildman–Crippen LogP) is 3.57. The molecule has 0 saturated carbocycles. The van der Waals surface area contributed by atoms with Crippen molar-refractivity contribution in [3.63, 3.8) is 0 Å². The normalized spacial score (nSPS) is 15.9. The molecule has 8 heteroatoms. The number of pyridine rings is 1. The van der Waals surface area contributed by atoms with Crippen LogP contribution in [-0.4, -0.2) is 54.2 Å². The summed E-state index contributed by atoms with van der Waals surface area (Å²) in [5.41, 5.74) is 3.60. The fourth-order valence-electron chi connectivity index (χ4n) is 4.39. The fraction of sp³-hybridized carbons (Fsp3) is 0.346. The molecule has 1 N–H and O–H groups in total. The number of amides is 1. The lowest BCUT2D eigenvalue weighted by molar-refractivity contribution is -0.123. The highest BCUT2D eigenvalue weighted by Gasteiger charge is 2.28. The van der Waals surface area contributed by atoms with E-state index in [9.17, 15) is 9.59 Å². The molecule has 176 valence electrons. The maximum Gasteiger partial charge on any atom is 0.339 e. The van der Waals surface area contributed by atoms with E-state index in [-0.39, 0.29) is 0 Å². The lowest BCUT2D eigenvalue weighted by Gasteiger charge is -2.29. The zero-order valence-electron chi connectivity index (χ0n) is 19.3.